The maximum absolute atomic E-state index is 12.1. The number of aromatic nitrogens is 4. The minimum absolute atomic E-state index is 0.144. The molecule has 1 atom stereocenters. The molecule has 0 aromatic carbocycles. The van der Waals surface area contributed by atoms with Crippen molar-refractivity contribution in [3.63, 3.8) is 0 Å². The molecular formula is C21H22N6O2S. The Labute approximate surface area is 178 Å². The van der Waals surface area contributed by atoms with Gasteiger partial charge in [-0.1, -0.05) is 0 Å². The topological polar surface area (TPSA) is 94.3 Å². The number of ether oxygens (including phenoxy) is 1. The standard InChI is InChI=1S/C21H22N6O2S/c1-29-17-6-8-20(28)27(13-17)16-5-7-19(22-10-16)25-14-3-4-15(9-14)26-21-23-11-18(30-2)12-24-21/h5-8,10-13,15H,3-4,9H2,1-2H3,(H,23,24,26)/t15-/m0/s1. The third-order valence-electron chi connectivity index (χ3n) is 4.86. The van der Waals surface area contributed by atoms with E-state index in [1.54, 1.807) is 37.3 Å². The number of aliphatic imine (C=N–C) groups is 1. The van der Waals surface area contributed by atoms with Crippen LogP contribution in [0.15, 0.2) is 63.7 Å². The van der Waals surface area contributed by atoms with Crippen molar-refractivity contribution in [1.82, 2.24) is 19.5 Å². The molecule has 0 spiro atoms. The van der Waals surface area contributed by atoms with Gasteiger partial charge in [0.15, 0.2) is 5.82 Å². The lowest BCUT2D eigenvalue weighted by Gasteiger charge is -2.11. The number of hydrogen-bond acceptors (Lipinski definition) is 8. The van der Waals surface area contributed by atoms with E-state index in [9.17, 15) is 4.79 Å². The summed E-state index contributed by atoms with van der Waals surface area (Å²) in [5.41, 5.74) is 1.61. The van der Waals surface area contributed by atoms with Gasteiger partial charge in [0, 0.05) is 41.5 Å². The second kappa shape index (κ2) is 9.08. The number of pyridine rings is 2. The van der Waals surface area contributed by atoms with Crippen LogP contribution in [0.2, 0.25) is 0 Å². The SMILES string of the molecule is COc1ccc(=O)n(-c2ccc(N=C3CC[C@H](Nc4ncc(SC)cn4)C3)nc2)c1. The Bertz CT molecular complexity index is 1100. The summed E-state index contributed by atoms with van der Waals surface area (Å²) in [4.78, 5) is 30.9. The third-order valence-corrected chi connectivity index (χ3v) is 5.55. The number of nitrogens with one attached hydrogen (secondary N) is 1. The predicted molar refractivity (Wildman–Crippen MR) is 119 cm³/mol. The average molecular weight is 423 g/mol. The van der Waals surface area contributed by atoms with Crippen molar-refractivity contribution in [2.45, 2.75) is 30.2 Å². The van der Waals surface area contributed by atoms with Gasteiger partial charge >= 0.3 is 0 Å². The minimum atomic E-state index is -0.144. The normalized spacial score (nSPS) is 17.3. The summed E-state index contributed by atoms with van der Waals surface area (Å²) in [6.45, 7) is 0. The van der Waals surface area contributed by atoms with Crippen LogP contribution in [0.1, 0.15) is 19.3 Å². The minimum Gasteiger partial charge on any atom is -0.495 e. The van der Waals surface area contributed by atoms with Crippen molar-refractivity contribution < 1.29 is 4.74 Å². The quantitative estimate of drug-likeness (QED) is 0.608. The van der Waals surface area contributed by atoms with E-state index in [0.717, 1.165) is 29.9 Å². The van der Waals surface area contributed by atoms with Gasteiger partial charge in [-0.2, -0.15) is 0 Å². The molecule has 30 heavy (non-hydrogen) atoms. The summed E-state index contributed by atoms with van der Waals surface area (Å²) in [5, 5.41) is 3.37. The molecule has 0 bridgehead atoms. The fraction of sp³-hybridized carbons (Fsp3) is 0.286. The second-order valence-electron chi connectivity index (χ2n) is 6.86. The number of thioether (sulfide) groups is 1. The number of rotatable bonds is 6. The fourth-order valence-corrected chi connectivity index (χ4v) is 3.59. The largest absolute Gasteiger partial charge is 0.495 e. The zero-order chi connectivity index (χ0) is 20.9. The third kappa shape index (κ3) is 4.68. The molecule has 154 valence electrons. The Morgan fingerprint density at radius 1 is 1.17 bits per heavy atom. The first-order valence-electron chi connectivity index (χ1n) is 9.57. The van der Waals surface area contributed by atoms with Crippen molar-refractivity contribution in [3.05, 3.63) is 59.4 Å². The molecule has 3 aromatic rings. The summed E-state index contributed by atoms with van der Waals surface area (Å²) in [7, 11) is 1.57. The van der Waals surface area contributed by atoms with Gasteiger partial charge in [-0.3, -0.25) is 9.36 Å². The smallest absolute Gasteiger partial charge is 0.255 e. The summed E-state index contributed by atoms with van der Waals surface area (Å²) in [6, 6.07) is 7.02. The van der Waals surface area contributed by atoms with Gasteiger partial charge in [-0.25, -0.2) is 19.9 Å². The Morgan fingerprint density at radius 3 is 2.70 bits per heavy atom. The van der Waals surface area contributed by atoms with Crippen LogP contribution in [0.5, 0.6) is 5.75 Å². The van der Waals surface area contributed by atoms with E-state index < -0.39 is 0 Å². The van der Waals surface area contributed by atoms with Crippen LogP contribution in [-0.2, 0) is 0 Å². The highest BCUT2D eigenvalue weighted by Gasteiger charge is 2.21. The summed E-state index contributed by atoms with van der Waals surface area (Å²) < 4.78 is 6.69. The Balaban J connectivity index is 1.42. The maximum atomic E-state index is 12.1. The Morgan fingerprint density at radius 2 is 2.00 bits per heavy atom. The van der Waals surface area contributed by atoms with Crippen molar-refractivity contribution in [1.29, 1.82) is 0 Å². The fourth-order valence-electron chi connectivity index (χ4n) is 3.27. The van der Waals surface area contributed by atoms with Crippen LogP contribution < -0.4 is 15.6 Å². The van der Waals surface area contributed by atoms with Gasteiger partial charge < -0.3 is 10.1 Å². The van der Waals surface area contributed by atoms with Gasteiger partial charge in [0.05, 0.1) is 25.2 Å². The maximum Gasteiger partial charge on any atom is 0.255 e. The highest BCUT2D eigenvalue weighted by Crippen LogP contribution is 2.23. The molecular weight excluding hydrogens is 400 g/mol. The summed E-state index contributed by atoms with van der Waals surface area (Å²) >= 11 is 1.62. The molecule has 0 amide bonds. The van der Waals surface area contributed by atoms with Crippen molar-refractivity contribution in [2.24, 2.45) is 4.99 Å². The number of hydrogen-bond donors (Lipinski definition) is 1. The van der Waals surface area contributed by atoms with Crippen LogP contribution >= 0.6 is 11.8 Å². The van der Waals surface area contributed by atoms with Gasteiger partial charge in [-0.05, 0) is 37.3 Å². The first-order valence-corrected chi connectivity index (χ1v) is 10.8. The molecule has 1 saturated carbocycles. The molecule has 1 fully saturated rings. The van der Waals surface area contributed by atoms with E-state index in [-0.39, 0.29) is 11.6 Å². The average Bonchev–Trinajstić information content (AvgIpc) is 3.22. The zero-order valence-electron chi connectivity index (χ0n) is 16.8. The molecule has 0 radical (unpaired) electrons. The first-order chi connectivity index (χ1) is 14.6. The zero-order valence-corrected chi connectivity index (χ0v) is 17.6. The molecule has 0 saturated heterocycles. The van der Waals surface area contributed by atoms with Crippen LogP contribution in [0.4, 0.5) is 11.8 Å². The molecule has 9 heteroatoms. The molecule has 1 aliphatic carbocycles. The molecule has 0 aliphatic heterocycles. The van der Waals surface area contributed by atoms with Crippen molar-refractivity contribution in [2.75, 3.05) is 18.7 Å². The van der Waals surface area contributed by atoms with Crippen LogP contribution in [-0.4, -0.2) is 44.6 Å². The van der Waals surface area contributed by atoms with E-state index in [2.05, 4.69) is 25.3 Å². The molecule has 4 rings (SSSR count). The van der Waals surface area contributed by atoms with Crippen molar-refractivity contribution in [3.8, 4) is 11.4 Å². The highest BCUT2D eigenvalue weighted by atomic mass is 32.2. The van der Waals surface area contributed by atoms with Gasteiger partial charge in [-0.15, -0.1) is 11.8 Å². The van der Waals surface area contributed by atoms with Gasteiger partial charge in [0.2, 0.25) is 5.95 Å². The van der Waals surface area contributed by atoms with Gasteiger partial charge in [0.1, 0.15) is 5.75 Å². The Kier molecular flexibility index (Phi) is 6.08. The summed E-state index contributed by atoms with van der Waals surface area (Å²) in [5.74, 6) is 1.88. The molecule has 3 aromatic heterocycles. The predicted octanol–water partition coefficient (Wildman–Crippen LogP) is 3.49. The lowest BCUT2D eigenvalue weighted by atomic mass is 10.2. The number of anilines is 1. The number of methoxy groups -OCH3 is 1. The molecule has 8 nitrogen and oxygen atoms in total. The van der Waals surface area contributed by atoms with Crippen LogP contribution in [0.25, 0.3) is 5.69 Å². The van der Waals surface area contributed by atoms with Crippen molar-refractivity contribution >= 4 is 29.2 Å². The molecule has 1 N–H and O–H groups in total. The van der Waals surface area contributed by atoms with Gasteiger partial charge in [0.25, 0.3) is 5.56 Å². The monoisotopic (exact) mass is 422 g/mol. The number of nitrogens with zero attached hydrogens (tertiary/aromatic N) is 5. The second-order valence-corrected chi connectivity index (χ2v) is 7.74. The van der Waals surface area contributed by atoms with Crippen LogP contribution in [0, 0.1) is 0 Å². The highest BCUT2D eigenvalue weighted by molar-refractivity contribution is 7.98. The molecule has 1 aliphatic rings. The van der Waals surface area contributed by atoms with E-state index in [0.29, 0.717) is 23.2 Å². The van der Waals surface area contributed by atoms with E-state index in [1.807, 2.05) is 30.8 Å². The molecule has 0 unspecified atom stereocenters. The van der Waals surface area contributed by atoms with Crippen LogP contribution in [0.3, 0.4) is 0 Å². The Hall–Kier alpha value is -3.20. The van der Waals surface area contributed by atoms with E-state index >= 15 is 0 Å². The van der Waals surface area contributed by atoms with E-state index in [4.69, 9.17) is 4.74 Å². The van der Waals surface area contributed by atoms with E-state index in [1.165, 1.54) is 10.6 Å². The lowest BCUT2D eigenvalue weighted by Crippen LogP contribution is -2.17. The lowest BCUT2D eigenvalue weighted by molar-refractivity contribution is 0.411. The molecule has 3 heterocycles. The summed E-state index contributed by atoms with van der Waals surface area (Å²) in [6.07, 6.45) is 11.6. The first kappa shape index (κ1) is 20.1.